The summed E-state index contributed by atoms with van der Waals surface area (Å²) < 4.78 is 5.66. The molecule has 0 aromatic heterocycles. The van der Waals surface area contributed by atoms with E-state index < -0.39 is 6.04 Å². The van der Waals surface area contributed by atoms with Gasteiger partial charge in [-0.25, -0.2) is 0 Å². The van der Waals surface area contributed by atoms with Gasteiger partial charge in [0, 0.05) is 17.6 Å². The number of nitrogens with one attached hydrogen (secondary N) is 1. The Balaban J connectivity index is 1.78. The lowest BCUT2D eigenvalue weighted by Crippen LogP contribution is -2.52. The minimum Gasteiger partial charge on any atom is -0.484 e. The van der Waals surface area contributed by atoms with Gasteiger partial charge in [0.25, 0.3) is 5.91 Å². The molecule has 1 aliphatic rings. The van der Waals surface area contributed by atoms with Crippen LogP contribution in [-0.2, 0) is 16.1 Å². The highest BCUT2D eigenvalue weighted by Crippen LogP contribution is 2.25. The molecule has 2 amide bonds. The number of nitrogens with zero attached hydrogens (tertiary/aromatic N) is 1. The summed E-state index contributed by atoms with van der Waals surface area (Å²) in [6, 6.07) is 11.6. The van der Waals surface area contributed by atoms with Crippen LogP contribution < -0.4 is 10.1 Å². The van der Waals surface area contributed by atoms with Crippen molar-refractivity contribution in [1.29, 1.82) is 0 Å². The number of amides is 2. The third-order valence-electron chi connectivity index (χ3n) is 5.58. The predicted octanol–water partition coefficient (Wildman–Crippen LogP) is 5.89. The van der Waals surface area contributed by atoms with Crippen molar-refractivity contribution in [2.75, 3.05) is 6.61 Å². The summed E-state index contributed by atoms with van der Waals surface area (Å²) in [7, 11) is 0. The highest BCUT2D eigenvalue weighted by atomic mass is 35.5. The number of rotatable bonds is 9. The van der Waals surface area contributed by atoms with E-state index in [9.17, 15) is 9.59 Å². The van der Waals surface area contributed by atoms with Crippen LogP contribution in [0.1, 0.15) is 44.6 Å². The second-order valence-corrected chi connectivity index (χ2v) is 9.18. The molecule has 2 aromatic carbocycles. The zero-order valence-corrected chi connectivity index (χ0v) is 20.2. The molecule has 2 aromatic rings. The van der Waals surface area contributed by atoms with Crippen molar-refractivity contribution >= 4 is 46.6 Å². The molecule has 1 aliphatic carbocycles. The first-order valence-electron chi connectivity index (χ1n) is 10.8. The minimum atomic E-state index is -0.625. The van der Waals surface area contributed by atoms with Crippen molar-refractivity contribution in [2.24, 2.45) is 0 Å². The smallest absolute Gasteiger partial charge is 0.261 e. The Kier molecular flexibility index (Phi) is 9.09. The molecule has 32 heavy (non-hydrogen) atoms. The fraction of sp³-hybridized carbons (Fsp3) is 0.417. The molecule has 0 spiro atoms. The molecule has 0 bridgehead atoms. The second kappa shape index (κ2) is 11.8. The van der Waals surface area contributed by atoms with Crippen molar-refractivity contribution in [3.63, 3.8) is 0 Å². The number of ether oxygens (including phenoxy) is 1. The highest BCUT2D eigenvalue weighted by molar-refractivity contribution is 6.42. The predicted molar refractivity (Wildman–Crippen MR) is 128 cm³/mol. The lowest BCUT2D eigenvalue weighted by atomic mass is 10.1. The second-order valence-electron chi connectivity index (χ2n) is 7.93. The summed E-state index contributed by atoms with van der Waals surface area (Å²) in [5.41, 5.74) is 0.780. The average Bonchev–Trinajstić information content (AvgIpc) is 3.27. The van der Waals surface area contributed by atoms with Crippen LogP contribution in [0.2, 0.25) is 15.1 Å². The third-order valence-corrected chi connectivity index (χ3v) is 6.56. The molecule has 8 heteroatoms. The summed E-state index contributed by atoms with van der Waals surface area (Å²) in [4.78, 5) is 27.9. The first-order valence-corrected chi connectivity index (χ1v) is 11.9. The van der Waals surface area contributed by atoms with Crippen LogP contribution in [0.4, 0.5) is 0 Å². The first kappa shape index (κ1) is 24.7. The summed E-state index contributed by atoms with van der Waals surface area (Å²) in [6.07, 6.45) is 4.65. The van der Waals surface area contributed by atoms with Gasteiger partial charge in [-0.1, -0.05) is 66.7 Å². The number of benzene rings is 2. The van der Waals surface area contributed by atoms with E-state index in [4.69, 9.17) is 39.5 Å². The molecule has 0 aliphatic heterocycles. The fourth-order valence-electron chi connectivity index (χ4n) is 3.91. The van der Waals surface area contributed by atoms with Gasteiger partial charge in [-0.15, -0.1) is 0 Å². The van der Waals surface area contributed by atoms with Gasteiger partial charge in [0.2, 0.25) is 5.91 Å². The van der Waals surface area contributed by atoms with Crippen molar-refractivity contribution < 1.29 is 14.3 Å². The van der Waals surface area contributed by atoms with Gasteiger partial charge >= 0.3 is 0 Å². The van der Waals surface area contributed by atoms with E-state index >= 15 is 0 Å². The van der Waals surface area contributed by atoms with E-state index in [1.807, 2.05) is 6.92 Å². The highest BCUT2D eigenvalue weighted by Gasteiger charge is 2.31. The van der Waals surface area contributed by atoms with Crippen LogP contribution in [0, 0.1) is 0 Å². The maximum atomic E-state index is 13.2. The molecule has 1 N–H and O–H groups in total. The maximum absolute atomic E-state index is 13.2. The monoisotopic (exact) mass is 496 g/mol. The van der Waals surface area contributed by atoms with Crippen LogP contribution in [-0.4, -0.2) is 35.4 Å². The molecule has 5 nitrogen and oxygen atoms in total. The van der Waals surface area contributed by atoms with Crippen molar-refractivity contribution in [3.05, 3.63) is 63.1 Å². The van der Waals surface area contributed by atoms with E-state index in [2.05, 4.69) is 5.32 Å². The van der Waals surface area contributed by atoms with Crippen molar-refractivity contribution in [3.8, 4) is 5.75 Å². The minimum absolute atomic E-state index is 0.143. The van der Waals surface area contributed by atoms with Crippen molar-refractivity contribution in [1.82, 2.24) is 10.2 Å². The van der Waals surface area contributed by atoms with E-state index in [0.717, 1.165) is 31.2 Å². The Morgan fingerprint density at radius 2 is 1.84 bits per heavy atom. The normalized spacial score (nSPS) is 14.8. The number of halogens is 3. The molecule has 1 saturated carbocycles. The summed E-state index contributed by atoms with van der Waals surface area (Å²) in [6.45, 7) is 1.89. The molecule has 172 valence electrons. The number of hydrogen-bond acceptors (Lipinski definition) is 3. The van der Waals surface area contributed by atoms with E-state index in [1.165, 1.54) is 0 Å². The SMILES string of the molecule is CC[C@@H](C(=O)NC1CCCC1)N(Cc1ccc(Cl)c(Cl)c1)C(=O)COc1cccc(Cl)c1. The molecular weight excluding hydrogens is 471 g/mol. The Labute approximate surface area is 204 Å². The average molecular weight is 498 g/mol. The van der Waals surface area contributed by atoms with Gasteiger partial charge in [0.1, 0.15) is 11.8 Å². The number of carbonyl (C=O) groups is 2. The molecule has 1 fully saturated rings. The number of hydrogen-bond donors (Lipinski definition) is 1. The fourth-order valence-corrected chi connectivity index (χ4v) is 4.41. The van der Waals surface area contributed by atoms with Gasteiger partial charge in [0.15, 0.2) is 6.61 Å². The van der Waals surface area contributed by atoms with E-state index in [0.29, 0.717) is 27.2 Å². The molecule has 3 rings (SSSR count). The van der Waals surface area contributed by atoms with E-state index in [1.54, 1.807) is 47.4 Å². The number of carbonyl (C=O) groups excluding carboxylic acids is 2. The Bertz CT molecular complexity index is 948. The molecule has 1 atom stereocenters. The largest absolute Gasteiger partial charge is 0.484 e. The topological polar surface area (TPSA) is 58.6 Å². The van der Waals surface area contributed by atoms with Crippen LogP contribution in [0.15, 0.2) is 42.5 Å². The summed E-state index contributed by atoms with van der Waals surface area (Å²) in [5.74, 6) is 0.0452. The Morgan fingerprint density at radius 3 is 2.50 bits per heavy atom. The van der Waals surface area contributed by atoms with Crippen LogP contribution in [0.25, 0.3) is 0 Å². The zero-order valence-electron chi connectivity index (χ0n) is 18.0. The van der Waals surface area contributed by atoms with E-state index in [-0.39, 0.29) is 31.0 Å². The standard InChI is InChI=1S/C24H27Cl3N2O3/c1-2-22(24(31)28-18-7-3-4-8-18)29(14-16-10-11-20(26)21(27)12-16)23(30)15-32-19-9-5-6-17(25)13-19/h5-6,9-13,18,22H,2-4,7-8,14-15H2,1H3,(H,28,31)/t22-/m0/s1. The molecule has 0 unspecified atom stereocenters. The lowest BCUT2D eigenvalue weighted by molar-refractivity contribution is -0.143. The molecule has 0 radical (unpaired) electrons. The summed E-state index contributed by atoms with van der Waals surface area (Å²) in [5, 5.41) is 4.47. The lowest BCUT2D eigenvalue weighted by Gasteiger charge is -2.31. The van der Waals surface area contributed by atoms with Crippen LogP contribution in [0.3, 0.4) is 0 Å². The molecular formula is C24H27Cl3N2O3. The zero-order chi connectivity index (χ0) is 23.1. The van der Waals surface area contributed by atoms with Gasteiger partial charge in [0.05, 0.1) is 10.0 Å². The van der Waals surface area contributed by atoms with Gasteiger partial charge < -0.3 is 15.0 Å². The third kappa shape index (κ3) is 6.77. The van der Waals surface area contributed by atoms with Crippen LogP contribution >= 0.6 is 34.8 Å². The van der Waals surface area contributed by atoms with Gasteiger partial charge in [-0.2, -0.15) is 0 Å². The maximum Gasteiger partial charge on any atom is 0.261 e. The summed E-state index contributed by atoms with van der Waals surface area (Å²) >= 11 is 18.2. The first-order chi connectivity index (χ1) is 15.4. The molecule has 0 saturated heterocycles. The Morgan fingerprint density at radius 1 is 1.09 bits per heavy atom. The van der Waals surface area contributed by atoms with Gasteiger partial charge in [-0.05, 0) is 55.2 Å². The van der Waals surface area contributed by atoms with Gasteiger partial charge in [-0.3, -0.25) is 9.59 Å². The quantitative estimate of drug-likeness (QED) is 0.470. The van der Waals surface area contributed by atoms with Crippen LogP contribution in [0.5, 0.6) is 5.75 Å². The Hall–Kier alpha value is -1.95. The molecule has 0 heterocycles. The van der Waals surface area contributed by atoms with Crippen molar-refractivity contribution in [2.45, 2.75) is 57.7 Å².